The fourth-order valence-corrected chi connectivity index (χ4v) is 6.87. The van der Waals surface area contributed by atoms with Gasteiger partial charge in [-0.3, -0.25) is 9.59 Å². The van der Waals surface area contributed by atoms with Crippen LogP contribution in [0.4, 0.5) is 0 Å². The average Bonchev–Trinajstić information content (AvgIpc) is 2.86. The van der Waals surface area contributed by atoms with Crippen LogP contribution in [0.2, 0.25) is 0 Å². The van der Waals surface area contributed by atoms with E-state index in [-0.39, 0.29) is 24.4 Å². The molecule has 1 aliphatic carbocycles. The van der Waals surface area contributed by atoms with Crippen molar-refractivity contribution in [2.45, 2.75) is 70.1 Å². The van der Waals surface area contributed by atoms with Crippen LogP contribution in [-0.4, -0.2) is 72.7 Å². The molecule has 0 radical (unpaired) electrons. The quantitative estimate of drug-likeness (QED) is 0.275. The van der Waals surface area contributed by atoms with Gasteiger partial charge in [0.25, 0.3) is 5.91 Å². The summed E-state index contributed by atoms with van der Waals surface area (Å²) in [6.45, 7) is 8.32. The lowest BCUT2D eigenvalue weighted by atomic mass is 9.93. The van der Waals surface area contributed by atoms with Crippen LogP contribution in [0.5, 0.6) is 5.75 Å². The smallest absolute Gasteiger partial charge is 0.261 e. The number of methoxy groups -OCH3 is 1. The summed E-state index contributed by atoms with van der Waals surface area (Å²) in [6.07, 6.45) is 9.62. The van der Waals surface area contributed by atoms with Gasteiger partial charge in [0.05, 0.1) is 16.5 Å². The van der Waals surface area contributed by atoms with Crippen molar-refractivity contribution in [3.8, 4) is 5.75 Å². The van der Waals surface area contributed by atoms with E-state index in [4.69, 9.17) is 4.74 Å². The van der Waals surface area contributed by atoms with Gasteiger partial charge < -0.3 is 19.9 Å². The van der Waals surface area contributed by atoms with Crippen LogP contribution in [0, 0.1) is 0 Å². The van der Waals surface area contributed by atoms with E-state index < -0.39 is 0 Å². The van der Waals surface area contributed by atoms with E-state index in [1.54, 1.807) is 18.9 Å². The van der Waals surface area contributed by atoms with Crippen molar-refractivity contribution in [3.63, 3.8) is 0 Å². The van der Waals surface area contributed by atoms with E-state index in [9.17, 15) is 9.59 Å². The summed E-state index contributed by atoms with van der Waals surface area (Å²) in [5.41, 5.74) is 0.940. The number of benzene rings is 1. The Morgan fingerprint density at radius 3 is 2.74 bits per heavy atom. The molecule has 1 heterocycles. The summed E-state index contributed by atoms with van der Waals surface area (Å²) in [6, 6.07) is 5.94. The van der Waals surface area contributed by atoms with Gasteiger partial charge in [0, 0.05) is 17.8 Å². The minimum atomic E-state index is -0.0577. The number of amides is 2. The number of carbonyl (C=O) groups is 2. The SMILES string of the molecule is CCCCN(CC)CCCNC(=O)CN1C(=O)/C(=C\c2ccc(OC)c(Br)c2)SC2CCCCC21. The molecule has 2 aliphatic rings. The number of halogens is 1. The summed E-state index contributed by atoms with van der Waals surface area (Å²) in [5, 5.41) is 3.41. The summed E-state index contributed by atoms with van der Waals surface area (Å²) < 4.78 is 6.18. The number of thioether (sulfide) groups is 1. The highest BCUT2D eigenvalue weighted by Crippen LogP contribution is 2.42. The van der Waals surface area contributed by atoms with Crippen LogP contribution in [0.1, 0.15) is 64.4 Å². The Morgan fingerprint density at radius 2 is 2.03 bits per heavy atom. The van der Waals surface area contributed by atoms with E-state index in [0.717, 1.165) is 61.1 Å². The lowest BCUT2D eigenvalue weighted by molar-refractivity contribution is -0.135. The normalized spacial score (nSPS) is 21.3. The lowest BCUT2D eigenvalue weighted by Crippen LogP contribution is -2.54. The van der Waals surface area contributed by atoms with Crippen LogP contribution >= 0.6 is 27.7 Å². The van der Waals surface area contributed by atoms with Gasteiger partial charge in [-0.1, -0.05) is 39.2 Å². The molecule has 2 unspecified atom stereocenters. The van der Waals surface area contributed by atoms with Crippen LogP contribution < -0.4 is 10.1 Å². The first kappa shape index (κ1) is 28.1. The molecule has 8 heteroatoms. The highest BCUT2D eigenvalue weighted by Gasteiger charge is 2.41. The van der Waals surface area contributed by atoms with E-state index >= 15 is 0 Å². The first-order valence-corrected chi connectivity index (χ1v) is 14.7. The van der Waals surface area contributed by atoms with Gasteiger partial charge in [0.2, 0.25) is 5.91 Å². The molecule has 1 aromatic carbocycles. The fourth-order valence-electron chi connectivity index (χ4n) is 4.84. The van der Waals surface area contributed by atoms with E-state index in [1.807, 2.05) is 29.2 Å². The van der Waals surface area contributed by atoms with Crippen molar-refractivity contribution in [3.05, 3.63) is 33.1 Å². The molecule has 6 nitrogen and oxygen atoms in total. The third-order valence-corrected chi connectivity index (χ3v) is 8.87. The van der Waals surface area contributed by atoms with Crippen LogP contribution in [0.15, 0.2) is 27.6 Å². The Morgan fingerprint density at radius 1 is 1.26 bits per heavy atom. The number of hydrogen-bond acceptors (Lipinski definition) is 5. The van der Waals surface area contributed by atoms with Crippen molar-refractivity contribution in [1.82, 2.24) is 15.1 Å². The number of rotatable bonds is 12. The molecule has 1 saturated carbocycles. The number of ether oxygens (including phenoxy) is 1. The number of hydrogen-bond donors (Lipinski definition) is 1. The molecule has 0 spiro atoms. The molecule has 2 amide bonds. The van der Waals surface area contributed by atoms with Gasteiger partial charge in [-0.25, -0.2) is 0 Å². The molecule has 1 N–H and O–H groups in total. The molecule has 194 valence electrons. The third-order valence-electron chi connectivity index (χ3n) is 6.85. The number of fused-ring (bicyclic) bond motifs is 1. The maximum Gasteiger partial charge on any atom is 0.261 e. The predicted octanol–water partition coefficient (Wildman–Crippen LogP) is 5.31. The Hall–Kier alpha value is -1.51. The molecule has 0 bridgehead atoms. The van der Waals surface area contributed by atoms with E-state index in [2.05, 4.69) is 40.0 Å². The average molecular weight is 567 g/mol. The van der Waals surface area contributed by atoms with Crippen molar-refractivity contribution >= 4 is 45.6 Å². The summed E-state index contributed by atoms with van der Waals surface area (Å²) in [5.74, 6) is 0.669. The van der Waals surface area contributed by atoms with Crippen LogP contribution in [0.25, 0.3) is 6.08 Å². The molecule has 2 atom stereocenters. The Bertz CT molecular complexity index is 894. The topological polar surface area (TPSA) is 61.9 Å². The molecule has 35 heavy (non-hydrogen) atoms. The first-order valence-electron chi connectivity index (χ1n) is 13.0. The predicted molar refractivity (Wildman–Crippen MR) is 149 cm³/mol. The maximum atomic E-state index is 13.5. The monoisotopic (exact) mass is 565 g/mol. The highest BCUT2D eigenvalue weighted by atomic mass is 79.9. The Labute approximate surface area is 223 Å². The van der Waals surface area contributed by atoms with Crippen LogP contribution in [0.3, 0.4) is 0 Å². The van der Waals surface area contributed by atoms with Gasteiger partial charge >= 0.3 is 0 Å². The van der Waals surface area contributed by atoms with Gasteiger partial charge in [-0.05, 0) is 85.0 Å². The zero-order valence-electron chi connectivity index (χ0n) is 21.4. The second kappa shape index (κ2) is 14.3. The molecule has 1 aliphatic heterocycles. The maximum absolute atomic E-state index is 13.5. The Balaban J connectivity index is 1.62. The van der Waals surface area contributed by atoms with Crippen molar-refractivity contribution < 1.29 is 14.3 Å². The van der Waals surface area contributed by atoms with E-state index in [1.165, 1.54) is 19.3 Å². The van der Waals surface area contributed by atoms with Gasteiger partial charge in [0.15, 0.2) is 0 Å². The van der Waals surface area contributed by atoms with Crippen molar-refractivity contribution in [2.24, 2.45) is 0 Å². The minimum absolute atomic E-state index is 0.0306. The molecule has 1 aromatic rings. The van der Waals surface area contributed by atoms with Gasteiger partial charge in [0.1, 0.15) is 12.3 Å². The number of unbranched alkanes of at least 4 members (excludes halogenated alkanes) is 1. The fraction of sp³-hybridized carbons (Fsp3) is 0.630. The first-order chi connectivity index (χ1) is 17.0. The van der Waals surface area contributed by atoms with E-state index in [0.29, 0.717) is 16.7 Å². The molecule has 2 fully saturated rings. The second-order valence-corrected chi connectivity index (χ2v) is 11.5. The zero-order chi connectivity index (χ0) is 25.2. The van der Waals surface area contributed by atoms with Crippen molar-refractivity contribution in [2.75, 3.05) is 39.8 Å². The zero-order valence-corrected chi connectivity index (χ0v) is 23.8. The summed E-state index contributed by atoms with van der Waals surface area (Å²) in [4.78, 5) is 31.3. The molecule has 0 aromatic heterocycles. The van der Waals surface area contributed by atoms with Gasteiger partial charge in [-0.15, -0.1) is 11.8 Å². The summed E-state index contributed by atoms with van der Waals surface area (Å²) in [7, 11) is 1.64. The summed E-state index contributed by atoms with van der Waals surface area (Å²) >= 11 is 5.22. The molecule has 3 rings (SSSR count). The highest BCUT2D eigenvalue weighted by molar-refractivity contribution is 9.10. The largest absolute Gasteiger partial charge is 0.496 e. The number of nitrogens with zero attached hydrogens (tertiary/aromatic N) is 2. The molecule has 1 saturated heterocycles. The van der Waals surface area contributed by atoms with Crippen molar-refractivity contribution in [1.29, 1.82) is 0 Å². The number of nitrogens with one attached hydrogen (secondary N) is 1. The minimum Gasteiger partial charge on any atom is -0.496 e. The molecular formula is C27H40BrN3O3S. The lowest BCUT2D eigenvalue weighted by Gasteiger charge is -2.43. The van der Waals surface area contributed by atoms with Crippen LogP contribution in [-0.2, 0) is 9.59 Å². The third kappa shape index (κ3) is 7.99. The molecular weight excluding hydrogens is 526 g/mol. The van der Waals surface area contributed by atoms with Gasteiger partial charge in [-0.2, -0.15) is 0 Å². The standard InChI is InChI=1S/C27H40BrN3O3S/c1-4-6-15-30(5-2)16-9-14-29-26(32)19-31-22-10-7-8-11-24(22)35-25(27(31)33)18-20-12-13-23(34-3)21(28)17-20/h12-13,17-18,22,24H,4-11,14-16,19H2,1-3H3,(H,29,32)/b25-18+. The number of carbonyl (C=O) groups excluding carboxylic acids is 2. The second-order valence-electron chi connectivity index (χ2n) is 9.34. The Kier molecular flexibility index (Phi) is 11.5.